The molecule has 2 aromatic rings. The van der Waals surface area contributed by atoms with Crippen LogP contribution in [-0.2, 0) is 9.47 Å². The molecule has 0 radical (unpaired) electrons. The highest BCUT2D eigenvalue weighted by Gasteiger charge is 2.49. The van der Waals surface area contributed by atoms with E-state index in [0.29, 0.717) is 25.5 Å². The van der Waals surface area contributed by atoms with Gasteiger partial charge in [-0.3, -0.25) is 4.98 Å². The van der Waals surface area contributed by atoms with Gasteiger partial charge in [-0.25, -0.2) is 9.48 Å². The van der Waals surface area contributed by atoms with Crippen LogP contribution in [0.25, 0.3) is 11.4 Å². The number of fused-ring (bicyclic) bond motifs is 1. The van der Waals surface area contributed by atoms with Crippen molar-refractivity contribution in [3.8, 4) is 11.4 Å². The number of hydrogen-bond donors (Lipinski definition) is 2. The van der Waals surface area contributed by atoms with Crippen molar-refractivity contribution in [3.05, 3.63) is 30.6 Å². The molecule has 4 heterocycles. The van der Waals surface area contributed by atoms with Crippen LogP contribution in [-0.4, -0.2) is 64.0 Å². The Balaban J connectivity index is 1.45. The molecule has 2 aliphatic rings. The van der Waals surface area contributed by atoms with Gasteiger partial charge in [0.1, 0.15) is 23.9 Å². The van der Waals surface area contributed by atoms with Crippen molar-refractivity contribution in [3.63, 3.8) is 0 Å². The Bertz CT molecular complexity index is 736. The highest BCUT2D eigenvalue weighted by atomic mass is 16.6. The van der Waals surface area contributed by atoms with Crippen LogP contribution in [0.15, 0.2) is 30.6 Å². The van der Waals surface area contributed by atoms with Crippen LogP contribution in [0.3, 0.4) is 0 Å². The number of ether oxygens (including phenoxy) is 2. The van der Waals surface area contributed by atoms with Gasteiger partial charge < -0.3 is 20.1 Å². The third-order valence-corrected chi connectivity index (χ3v) is 4.46. The van der Waals surface area contributed by atoms with E-state index in [1.54, 1.807) is 10.9 Å². The first-order valence-electron chi connectivity index (χ1n) is 8.37. The zero-order valence-corrected chi connectivity index (χ0v) is 13.8. The van der Waals surface area contributed by atoms with Gasteiger partial charge in [-0.1, -0.05) is 11.3 Å². The molecular weight excluding hydrogens is 324 g/mol. The smallest absolute Gasteiger partial charge is 0.315 e. The molecule has 0 bridgehead atoms. The largest absolute Gasteiger partial charge is 0.371 e. The molecule has 2 aromatic heterocycles. The molecule has 9 nitrogen and oxygen atoms in total. The van der Waals surface area contributed by atoms with Crippen molar-refractivity contribution in [2.24, 2.45) is 0 Å². The van der Waals surface area contributed by atoms with E-state index in [1.807, 2.05) is 31.3 Å². The summed E-state index contributed by atoms with van der Waals surface area (Å²) >= 11 is 0. The van der Waals surface area contributed by atoms with E-state index in [1.165, 1.54) is 0 Å². The molecule has 2 N–H and O–H groups in total. The Kier molecular flexibility index (Phi) is 4.33. The normalized spacial score (nSPS) is 27.9. The van der Waals surface area contributed by atoms with E-state index >= 15 is 0 Å². The molecule has 4 rings (SSSR count). The number of rotatable bonds is 4. The average molecular weight is 344 g/mol. The molecule has 0 aliphatic carbocycles. The van der Waals surface area contributed by atoms with Crippen molar-refractivity contribution >= 4 is 6.03 Å². The Morgan fingerprint density at radius 2 is 2.16 bits per heavy atom. The standard InChI is InChI=1S/C16H20N6O3/c1-2-17-16(23)19-12-8-24-15-13(9-25-14(12)15)22-7-11(20-21-22)10-5-3-4-6-18-10/h3-7,12-15H,2,8-9H2,1H3,(H2,17,19,23). The summed E-state index contributed by atoms with van der Waals surface area (Å²) in [5.74, 6) is 0. The van der Waals surface area contributed by atoms with Gasteiger partial charge in [0.25, 0.3) is 0 Å². The van der Waals surface area contributed by atoms with Crippen LogP contribution in [0.5, 0.6) is 0 Å². The minimum absolute atomic E-state index is 0.0731. The van der Waals surface area contributed by atoms with Gasteiger partial charge in [0.05, 0.1) is 31.1 Å². The fourth-order valence-corrected chi connectivity index (χ4v) is 3.28. The topological polar surface area (TPSA) is 103 Å². The lowest BCUT2D eigenvalue weighted by atomic mass is 10.1. The lowest BCUT2D eigenvalue weighted by Gasteiger charge is -2.17. The first kappa shape index (κ1) is 16.0. The number of aromatic nitrogens is 4. The summed E-state index contributed by atoms with van der Waals surface area (Å²) in [4.78, 5) is 16.0. The number of amides is 2. The second kappa shape index (κ2) is 6.77. The maximum Gasteiger partial charge on any atom is 0.315 e. The predicted molar refractivity (Wildman–Crippen MR) is 87.8 cm³/mol. The second-order valence-electron chi connectivity index (χ2n) is 6.07. The van der Waals surface area contributed by atoms with Crippen LogP contribution in [0.4, 0.5) is 4.79 Å². The number of pyridine rings is 1. The first-order valence-corrected chi connectivity index (χ1v) is 8.37. The fraction of sp³-hybridized carbons (Fsp3) is 0.500. The summed E-state index contributed by atoms with van der Waals surface area (Å²) in [7, 11) is 0. The van der Waals surface area contributed by atoms with Gasteiger partial charge in [0.15, 0.2) is 0 Å². The van der Waals surface area contributed by atoms with Gasteiger partial charge in [-0.15, -0.1) is 5.10 Å². The number of urea groups is 1. The molecule has 4 atom stereocenters. The lowest BCUT2D eigenvalue weighted by Crippen LogP contribution is -2.48. The van der Waals surface area contributed by atoms with Crippen molar-refractivity contribution in [1.82, 2.24) is 30.6 Å². The van der Waals surface area contributed by atoms with Gasteiger partial charge in [0.2, 0.25) is 0 Å². The maximum absolute atomic E-state index is 11.7. The molecule has 4 unspecified atom stereocenters. The molecule has 9 heteroatoms. The predicted octanol–water partition coefficient (Wildman–Crippen LogP) is 0.366. The Hall–Kier alpha value is -2.52. The first-order chi connectivity index (χ1) is 12.3. The molecule has 0 aromatic carbocycles. The molecule has 2 amide bonds. The van der Waals surface area contributed by atoms with Crippen molar-refractivity contribution < 1.29 is 14.3 Å². The summed E-state index contributed by atoms with van der Waals surface area (Å²) in [6.07, 6.45) is 3.23. The Labute approximate surface area is 144 Å². The summed E-state index contributed by atoms with van der Waals surface area (Å²) in [6.45, 7) is 3.34. The fourth-order valence-electron chi connectivity index (χ4n) is 3.28. The molecule has 2 fully saturated rings. The van der Waals surface area contributed by atoms with E-state index in [2.05, 4.69) is 25.9 Å². The summed E-state index contributed by atoms with van der Waals surface area (Å²) in [5, 5.41) is 14.0. The number of carbonyl (C=O) groups is 1. The highest BCUT2D eigenvalue weighted by molar-refractivity contribution is 5.74. The lowest BCUT2D eigenvalue weighted by molar-refractivity contribution is 0.0622. The van der Waals surface area contributed by atoms with Gasteiger partial charge in [-0.2, -0.15) is 0 Å². The molecular formula is C16H20N6O3. The summed E-state index contributed by atoms with van der Waals surface area (Å²) in [6, 6.07) is 5.21. The van der Waals surface area contributed by atoms with Crippen molar-refractivity contribution in [2.75, 3.05) is 19.8 Å². The molecule has 2 saturated heterocycles. The Morgan fingerprint density at radius 1 is 1.28 bits per heavy atom. The minimum Gasteiger partial charge on any atom is -0.371 e. The third kappa shape index (κ3) is 3.08. The van der Waals surface area contributed by atoms with Crippen molar-refractivity contribution in [2.45, 2.75) is 31.2 Å². The Morgan fingerprint density at radius 3 is 2.96 bits per heavy atom. The van der Waals surface area contributed by atoms with Gasteiger partial charge in [0, 0.05) is 12.7 Å². The van der Waals surface area contributed by atoms with Crippen LogP contribution in [0, 0.1) is 0 Å². The third-order valence-electron chi connectivity index (χ3n) is 4.46. The van der Waals surface area contributed by atoms with E-state index in [0.717, 1.165) is 5.69 Å². The summed E-state index contributed by atoms with van der Waals surface area (Å²) < 4.78 is 13.5. The summed E-state index contributed by atoms with van der Waals surface area (Å²) in [5.41, 5.74) is 1.48. The second-order valence-corrected chi connectivity index (χ2v) is 6.07. The number of nitrogens with zero attached hydrogens (tertiary/aromatic N) is 4. The quantitative estimate of drug-likeness (QED) is 0.830. The molecule has 0 saturated carbocycles. The van der Waals surface area contributed by atoms with E-state index in [-0.39, 0.29) is 30.3 Å². The monoisotopic (exact) mass is 344 g/mol. The van der Waals surface area contributed by atoms with Crippen LogP contribution >= 0.6 is 0 Å². The highest BCUT2D eigenvalue weighted by Crippen LogP contribution is 2.34. The molecule has 25 heavy (non-hydrogen) atoms. The van der Waals surface area contributed by atoms with Crippen LogP contribution in [0.1, 0.15) is 13.0 Å². The van der Waals surface area contributed by atoms with Crippen molar-refractivity contribution in [1.29, 1.82) is 0 Å². The SMILES string of the molecule is CCNC(=O)NC1COC2C1OCC2n1cc(-c2ccccn2)nn1. The molecule has 2 aliphatic heterocycles. The van der Waals surface area contributed by atoms with E-state index in [9.17, 15) is 4.79 Å². The zero-order chi connectivity index (χ0) is 17.2. The number of carbonyl (C=O) groups excluding carboxylic acids is 1. The van der Waals surface area contributed by atoms with Crippen LogP contribution < -0.4 is 10.6 Å². The minimum atomic E-state index is -0.206. The van der Waals surface area contributed by atoms with E-state index < -0.39 is 0 Å². The van der Waals surface area contributed by atoms with Gasteiger partial charge >= 0.3 is 6.03 Å². The van der Waals surface area contributed by atoms with Gasteiger partial charge in [-0.05, 0) is 19.1 Å². The number of nitrogens with one attached hydrogen (secondary N) is 2. The molecule has 132 valence electrons. The average Bonchev–Trinajstić information content (AvgIpc) is 3.33. The number of hydrogen-bond acceptors (Lipinski definition) is 6. The molecule has 0 spiro atoms. The van der Waals surface area contributed by atoms with Crippen LogP contribution in [0.2, 0.25) is 0 Å². The maximum atomic E-state index is 11.7. The van der Waals surface area contributed by atoms with E-state index in [4.69, 9.17) is 9.47 Å². The zero-order valence-electron chi connectivity index (χ0n) is 13.8.